The van der Waals surface area contributed by atoms with Crippen molar-refractivity contribution < 1.29 is 24.2 Å². The van der Waals surface area contributed by atoms with Gasteiger partial charge in [0.25, 0.3) is 0 Å². The Morgan fingerprint density at radius 3 is 2.74 bits per heavy atom. The summed E-state index contributed by atoms with van der Waals surface area (Å²) in [6.07, 6.45) is 1.34. The number of likely N-dealkylation sites (tertiary alicyclic amines) is 1. The van der Waals surface area contributed by atoms with Crippen molar-refractivity contribution in [2.24, 2.45) is 0 Å². The number of methoxy groups -OCH3 is 1. The van der Waals surface area contributed by atoms with Crippen molar-refractivity contribution in [3.8, 4) is 5.75 Å². The van der Waals surface area contributed by atoms with Crippen LogP contribution in [0.1, 0.15) is 25.7 Å². The molecule has 0 spiro atoms. The van der Waals surface area contributed by atoms with E-state index in [9.17, 15) is 9.59 Å². The fourth-order valence-electron chi connectivity index (χ4n) is 3.62. The summed E-state index contributed by atoms with van der Waals surface area (Å²) in [5.74, 6) is -0.124. The lowest BCUT2D eigenvalue weighted by atomic mass is 10.1. The first-order valence-electron chi connectivity index (χ1n) is 9.23. The Morgan fingerprint density at radius 1 is 1.19 bits per heavy atom. The van der Waals surface area contributed by atoms with Gasteiger partial charge in [-0.3, -0.25) is 9.59 Å². The van der Waals surface area contributed by atoms with Crippen molar-refractivity contribution in [1.29, 1.82) is 0 Å². The van der Waals surface area contributed by atoms with E-state index in [0.29, 0.717) is 32.4 Å². The minimum Gasteiger partial charge on any atom is -0.493 e. The summed E-state index contributed by atoms with van der Waals surface area (Å²) in [5, 5.41) is 11.2. The third-order valence-corrected chi connectivity index (χ3v) is 4.98. The smallest absolute Gasteiger partial charge is 0.305 e. The van der Waals surface area contributed by atoms with E-state index < -0.39 is 5.97 Å². The summed E-state index contributed by atoms with van der Waals surface area (Å²) in [5.41, 5.74) is 0. The highest BCUT2D eigenvalue weighted by molar-refractivity contribution is 5.88. The van der Waals surface area contributed by atoms with Crippen LogP contribution < -0.4 is 4.74 Å². The van der Waals surface area contributed by atoms with Crippen molar-refractivity contribution in [3.63, 3.8) is 0 Å². The van der Waals surface area contributed by atoms with Gasteiger partial charge in [-0.05, 0) is 24.3 Å². The monoisotopic (exact) mass is 371 g/mol. The number of ether oxygens (including phenoxy) is 2. The van der Waals surface area contributed by atoms with Gasteiger partial charge in [-0.15, -0.1) is 0 Å². The average molecular weight is 371 g/mol. The normalized spacial score (nSPS) is 19.4. The lowest BCUT2D eigenvalue weighted by Gasteiger charge is -2.23. The van der Waals surface area contributed by atoms with Crippen LogP contribution in [0.15, 0.2) is 42.5 Å². The number of nitrogens with zero attached hydrogens (tertiary/aromatic N) is 1. The standard InChI is InChI=1S/C21H25NO5/c1-26-17-12-16(13-21(24)25)22(14-17)20(23)10-5-11-27-19-9-4-7-15-6-2-3-8-18(15)19/h2-4,6-9,16-17H,5,10-14H2,1H3,(H,24,25). The molecule has 1 aliphatic heterocycles. The number of benzene rings is 2. The molecule has 3 rings (SSSR count). The first-order chi connectivity index (χ1) is 13.1. The summed E-state index contributed by atoms with van der Waals surface area (Å²) in [6, 6.07) is 13.6. The number of carbonyl (C=O) groups excluding carboxylic acids is 1. The molecule has 0 aromatic heterocycles. The number of rotatable bonds is 8. The highest BCUT2D eigenvalue weighted by Crippen LogP contribution is 2.26. The first-order valence-corrected chi connectivity index (χ1v) is 9.23. The average Bonchev–Trinajstić information content (AvgIpc) is 3.07. The first kappa shape index (κ1) is 19.2. The fourth-order valence-corrected chi connectivity index (χ4v) is 3.62. The van der Waals surface area contributed by atoms with Crippen molar-refractivity contribution in [2.75, 3.05) is 20.3 Å². The Morgan fingerprint density at radius 2 is 1.96 bits per heavy atom. The van der Waals surface area contributed by atoms with Gasteiger partial charge in [0.1, 0.15) is 5.75 Å². The number of hydrogen-bond donors (Lipinski definition) is 1. The SMILES string of the molecule is COC1CC(CC(=O)O)N(C(=O)CCCOc2cccc3ccccc23)C1. The molecule has 1 N–H and O–H groups in total. The van der Waals surface area contributed by atoms with Crippen molar-refractivity contribution in [1.82, 2.24) is 4.90 Å². The van der Waals surface area contributed by atoms with Crippen LogP contribution >= 0.6 is 0 Å². The number of hydrogen-bond acceptors (Lipinski definition) is 4. The Labute approximate surface area is 158 Å². The number of fused-ring (bicyclic) bond motifs is 1. The minimum atomic E-state index is -0.895. The second kappa shape index (κ2) is 8.86. The predicted molar refractivity (Wildman–Crippen MR) is 102 cm³/mol. The summed E-state index contributed by atoms with van der Waals surface area (Å²) >= 11 is 0. The third kappa shape index (κ3) is 4.77. The van der Waals surface area contributed by atoms with Gasteiger partial charge in [0.15, 0.2) is 0 Å². The maximum Gasteiger partial charge on any atom is 0.305 e. The quantitative estimate of drug-likeness (QED) is 0.722. The molecule has 1 heterocycles. The zero-order valence-corrected chi connectivity index (χ0v) is 15.5. The van der Waals surface area contributed by atoms with E-state index >= 15 is 0 Å². The summed E-state index contributed by atoms with van der Waals surface area (Å²) in [6.45, 7) is 0.891. The summed E-state index contributed by atoms with van der Waals surface area (Å²) < 4.78 is 11.2. The zero-order chi connectivity index (χ0) is 19.2. The molecule has 27 heavy (non-hydrogen) atoms. The number of carbonyl (C=O) groups is 2. The van der Waals surface area contributed by atoms with Crippen molar-refractivity contribution in [2.45, 2.75) is 37.8 Å². The van der Waals surface area contributed by atoms with Gasteiger partial charge >= 0.3 is 5.97 Å². The largest absolute Gasteiger partial charge is 0.493 e. The van der Waals surface area contributed by atoms with Gasteiger partial charge < -0.3 is 19.5 Å². The molecule has 0 bridgehead atoms. The molecule has 1 fully saturated rings. The fraction of sp³-hybridized carbons (Fsp3) is 0.429. The molecular formula is C21H25NO5. The number of carboxylic acid groups (broad SMARTS) is 1. The van der Waals surface area contributed by atoms with Gasteiger partial charge in [-0.2, -0.15) is 0 Å². The maximum absolute atomic E-state index is 12.5. The zero-order valence-electron chi connectivity index (χ0n) is 15.5. The maximum atomic E-state index is 12.5. The topological polar surface area (TPSA) is 76.1 Å². The van der Waals surface area contributed by atoms with Gasteiger partial charge in [0, 0.05) is 31.5 Å². The van der Waals surface area contributed by atoms with E-state index in [1.165, 1.54) is 0 Å². The lowest BCUT2D eigenvalue weighted by Crippen LogP contribution is -2.37. The van der Waals surface area contributed by atoms with Crippen LogP contribution in [-0.4, -0.2) is 54.3 Å². The number of aliphatic carboxylic acids is 1. The van der Waals surface area contributed by atoms with E-state index in [1.807, 2.05) is 42.5 Å². The molecule has 1 saturated heterocycles. The highest BCUT2D eigenvalue weighted by atomic mass is 16.5. The van der Waals surface area contributed by atoms with Gasteiger partial charge in [-0.25, -0.2) is 0 Å². The number of carboxylic acids is 1. The molecule has 144 valence electrons. The van der Waals surface area contributed by atoms with E-state index in [-0.39, 0.29) is 24.5 Å². The van der Waals surface area contributed by atoms with Crippen molar-refractivity contribution >= 4 is 22.6 Å². The lowest BCUT2D eigenvalue weighted by molar-refractivity contribution is -0.140. The van der Waals surface area contributed by atoms with Crippen LogP contribution in [0.25, 0.3) is 10.8 Å². The molecule has 0 radical (unpaired) electrons. The second-order valence-electron chi connectivity index (χ2n) is 6.82. The van der Waals surface area contributed by atoms with E-state index in [2.05, 4.69) is 0 Å². The second-order valence-corrected chi connectivity index (χ2v) is 6.82. The van der Waals surface area contributed by atoms with Crippen LogP contribution in [0, 0.1) is 0 Å². The number of amides is 1. The third-order valence-electron chi connectivity index (χ3n) is 4.98. The molecule has 6 heteroatoms. The molecule has 0 aliphatic carbocycles. The molecule has 2 atom stereocenters. The Bertz CT molecular complexity index is 801. The van der Waals surface area contributed by atoms with Crippen LogP contribution in [0.5, 0.6) is 5.75 Å². The van der Waals surface area contributed by atoms with Gasteiger partial charge in [0.05, 0.1) is 19.1 Å². The van der Waals surface area contributed by atoms with Crippen LogP contribution in [0.3, 0.4) is 0 Å². The molecular weight excluding hydrogens is 346 g/mol. The molecule has 1 aliphatic rings. The van der Waals surface area contributed by atoms with Crippen LogP contribution in [0.4, 0.5) is 0 Å². The van der Waals surface area contributed by atoms with Gasteiger partial charge in [-0.1, -0.05) is 36.4 Å². The Hall–Kier alpha value is -2.60. The molecule has 6 nitrogen and oxygen atoms in total. The summed E-state index contributed by atoms with van der Waals surface area (Å²) in [7, 11) is 1.59. The van der Waals surface area contributed by atoms with Gasteiger partial charge in [0.2, 0.25) is 5.91 Å². The van der Waals surface area contributed by atoms with E-state index in [1.54, 1.807) is 12.0 Å². The van der Waals surface area contributed by atoms with Crippen molar-refractivity contribution in [3.05, 3.63) is 42.5 Å². The summed E-state index contributed by atoms with van der Waals surface area (Å²) in [4.78, 5) is 25.2. The van der Waals surface area contributed by atoms with E-state index in [0.717, 1.165) is 16.5 Å². The Balaban J connectivity index is 1.52. The molecule has 2 unspecified atom stereocenters. The highest BCUT2D eigenvalue weighted by Gasteiger charge is 2.36. The molecule has 2 aromatic rings. The van der Waals surface area contributed by atoms with Crippen LogP contribution in [0.2, 0.25) is 0 Å². The molecule has 2 aromatic carbocycles. The van der Waals surface area contributed by atoms with Crippen LogP contribution in [-0.2, 0) is 14.3 Å². The Kier molecular flexibility index (Phi) is 6.29. The predicted octanol–water partition coefficient (Wildman–Crippen LogP) is 3.09. The minimum absolute atomic E-state index is 0.0395. The molecule has 0 saturated carbocycles. The van der Waals surface area contributed by atoms with E-state index in [4.69, 9.17) is 14.6 Å². The molecule has 1 amide bonds.